The van der Waals surface area contributed by atoms with Crippen LogP contribution in [0, 0.1) is 30.6 Å². The Morgan fingerprint density at radius 1 is 1.23 bits per heavy atom. The fraction of sp³-hybridized carbons (Fsp3) is 0.333. The Bertz CT molecular complexity index is 1220. The quantitative estimate of drug-likeness (QED) is 0.452. The summed E-state index contributed by atoms with van der Waals surface area (Å²) in [4.78, 5) is 25.9. The molecule has 31 heavy (non-hydrogen) atoms. The molecule has 4 rings (SSSR count). The molecule has 7 nitrogen and oxygen atoms in total. The van der Waals surface area contributed by atoms with Gasteiger partial charge in [0.2, 0.25) is 5.91 Å². The number of aromatic nitrogens is 4. The highest BCUT2D eigenvalue weighted by molar-refractivity contribution is 6.60. The summed E-state index contributed by atoms with van der Waals surface area (Å²) < 4.78 is 1.94. The number of rotatable bonds is 4. The first-order valence-corrected chi connectivity index (χ1v) is 10.5. The zero-order chi connectivity index (χ0) is 22.3. The monoisotopic (exact) mass is 410 g/mol. The van der Waals surface area contributed by atoms with E-state index in [-0.39, 0.29) is 17.1 Å². The van der Waals surface area contributed by atoms with Gasteiger partial charge in [-0.25, -0.2) is 15.0 Å². The van der Waals surface area contributed by atoms with E-state index in [2.05, 4.69) is 67.9 Å². The van der Waals surface area contributed by atoms with Gasteiger partial charge in [0.25, 0.3) is 0 Å². The van der Waals surface area contributed by atoms with E-state index in [0.29, 0.717) is 17.4 Å². The highest BCUT2D eigenvalue weighted by atomic mass is 16.2. The second-order valence-corrected chi connectivity index (χ2v) is 9.35. The summed E-state index contributed by atoms with van der Waals surface area (Å²) in [5.74, 6) is 9.05. The summed E-state index contributed by atoms with van der Waals surface area (Å²) in [6.07, 6.45) is 6.34. The molecule has 1 aliphatic rings. The van der Waals surface area contributed by atoms with Crippen LogP contribution in [-0.2, 0) is 11.8 Å². The van der Waals surface area contributed by atoms with Crippen LogP contribution in [0.5, 0.6) is 0 Å². The largest absolute Gasteiger partial charge is 0.387 e. The van der Waals surface area contributed by atoms with Gasteiger partial charge in [0.1, 0.15) is 46.7 Å². The lowest BCUT2D eigenvalue weighted by Gasteiger charge is -2.22. The van der Waals surface area contributed by atoms with Crippen LogP contribution in [0.1, 0.15) is 30.4 Å². The van der Waals surface area contributed by atoms with Gasteiger partial charge >= 0.3 is 0 Å². The van der Waals surface area contributed by atoms with Crippen molar-refractivity contribution in [2.75, 3.05) is 10.6 Å². The normalized spacial score (nSPS) is 17.6. The maximum Gasteiger partial charge on any atom is 0.228 e. The first kappa shape index (κ1) is 21.0. The number of fused-ring (bicyclic) bond motifs is 1. The van der Waals surface area contributed by atoms with E-state index in [4.69, 9.17) is 0 Å². The van der Waals surface area contributed by atoms with Crippen molar-refractivity contribution in [1.82, 2.24) is 19.5 Å². The molecule has 1 amide bonds. The number of imidazole rings is 1. The molecular weight excluding hydrogens is 385 g/mol. The number of carbonyl (C=O) groups excluding carboxylic acids is 1. The van der Waals surface area contributed by atoms with Crippen LogP contribution in [0.4, 0.5) is 11.6 Å². The van der Waals surface area contributed by atoms with Gasteiger partial charge < -0.3 is 15.2 Å². The summed E-state index contributed by atoms with van der Waals surface area (Å²) in [6, 6.07) is 1.88. The molecule has 10 heteroatoms. The first-order chi connectivity index (χ1) is 14.6. The number of hydrogen-bond acceptors (Lipinski definition) is 5. The standard InChI is InChI=1S/C21H25B3N6O/c1-11-6-15(11)20(31)28-18-7-16-13(4-5-14-10-30(3)12(2)27-14)8-26-19(17(16)9-25-18)29-21(22,23)24/h7-11,15H,6,22-24H2,1-3H3,(H,26,29)(H,25,28,31)/t11-,15+/m1/s1. The Morgan fingerprint density at radius 2 is 1.97 bits per heavy atom. The van der Waals surface area contributed by atoms with Crippen molar-refractivity contribution in [3.8, 4) is 11.8 Å². The Balaban J connectivity index is 1.75. The van der Waals surface area contributed by atoms with Gasteiger partial charge in [-0.3, -0.25) is 4.79 Å². The first-order valence-electron chi connectivity index (χ1n) is 10.5. The number of amides is 1. The van der Waals surface area contributed by atoms with Crippen molar-refractivity contribution in [3.63, 3.8) is 0 Å². The minimum absolute atomic E-state index is 0.0260. The number of pyridine rings is 2. The molecular formula is C21H25B3N6O. The van der Waals surface area contributed by atoms with Crippen molar-refractivity contribution in [2.24, 2.45) is 18.9 Å². The molecule has 0 radical (unpaired) electrons. The Labute approximate surface area is 185 Å². The summed E-state index contributed by atoms with van der Waals surface area (Å²) in [5, 5.41) is 7.96. The lowest BCUT2D eigenvalue weighted by molar-refractivity contribution is -0.117. The summed E-state index contributed by atoms with van der Waals surface area (Å²) in [5.41, 5.74) is 1.46. The van der Waals surface area contributed by atoms with E-state index >= 15 is 0 Å². The third-order valence-corrected chi connectivity index (χ3v) is 5.40. The minimum Gasteiger partial charge on any atom is -0.387 e. The third kappa shape index (κ3) is 4.77. The highest BCUT2D eigenvalue weighted by Gasteiger charge is 2.39. The van der Waals surface area contributed by atoms with E-state index in [1.807, 2.05) is 30.8 Å². The molecule has 1 fully saturated rings. The van der Waals surface area contributed by atoms with E-state index in [1.165, 1.54) is 0 Å². The van der Waals surface area contributed by atoms with E-state index in [1.54, 1.807) is 12.4 Å². The van der Waals surface area contributed by atoms with E-state index in [0.717, 1.165) is 34.4 Å². The average molecular weight is 410 g/mol. The Morgan fingerprint density at radius 3 is 2.58 bits per heavy atom. The molecule has 0 unspecified atom stereocenters. The molecule has 0 aromatic carbocycles. The molecule has 2 atom stereocenters. The highest BCUT2D eigenvalue weighted by Crippen LogP contribution is 2.38. The minimum atomic E-state index is -0.159. The molecule has 0 aliphatic heterocycles. The maximum atomic E-state index is 12.4. The Kier molecular flexibility index (Phi) is 5.30. The van der Waals surface area contributed by atoms with Gasteiger partial charge in [0, 0.05) is 42.3 Å². The topological polar surface area (TPSA) is 84.7 Å². The fourth-order valence-electron chi connectivity index (χ4n) is 3.41. The number of nitrogens with one attached hydrogen (secondary N) is 2. The maximum absolute atomic E-state index is 12.4. The van der Waals surface area contributed by atoms with Gasteiger partial charge in [0.05, 0.1) is 5.56 Å². The molecule has 1 aliphatic carbocycles. The van der Waals surface area contributed by atoms with Crippen molar-refractivity contribution in [3.05, 3.63) is 41.7 Å². The molecule has 3 heterocycles. The van der Waals surface area contributed by atoms with E-state index < -0.39 is 0 Å². The molecule has 0 saturated heterocycles. The van der Waals surface area contributed by atoms with E-state index in [9.17, 15) is 4.79 Å². The fourth-order valence-corrected chi connectivity index (χ4v) is 3.41. The van der Waals surface area contributed by atoms with Gasteiger partial charge in [-0.2, -0.15) is 0 Å². The zero-order valence-corrected chi connectivity index (χ0v) is 18.9. The van der Waals surface area contributed by atoms with Crippen LogP contribution < -0.4 is 10.6 Å². The van der Waals surface area contributed by atoms with Crippen LogP contribution in [0.25, 0.3) is 10.8 Å². The SMILES string of the molecule is BC(B)(B)Nc1ncc(C#Cc2cn(C)c(C)n2)c2cc(NC(=O)[C@H]3C[C@H]3C)ncc12. The number of hydrogen-bond donors (Lipinski definition) is 2. The van der Waals surface area contributed by atoms with Crippen LogP contribution in [0.3, 0.4) is 0 Å². The van der Waals surface area contributed by atoms with Crippen LogP contribution in [-0.4, -0.2) is 54.2 Å². The number of aryl methyl sites for hydroxylation is 2. The number of anilines is 2. The summed E-state index contributed by atoms with van der Waals surface area (Å²) in [7, 11) is 8.18. The van der Waals surface area contributed by atoms with Crippen LogP contribution in [0.2, 0.25) is 0 Å². The van der Waals surface area contributed by atoms with Gasteiger partial charge in [-0.05, 0) is 36.5 Å². The molecule has 2 N–H and O–H groups in total. The Hall–Kier alpha value is -3.21. The van der Waals surface area contributed by atoms with Gasteiger partial charge in [-0.15, -0.1) is 0 Å². The predicted octanol–water partition coefficient (Wildman–Crippen LogP) is -0.411. The molecule has 0 spiro atoms. The number of carbonyl (C=O) groups is 1. The van der Waals surface area contributed by atoms with Crippen LogP contribution >= 0.6 is 0 Å². The second-order valence-electron chi connectivity index (χ2n) is 9.35. The molecule has 3 aromatic heterocycles. The molecule has 1 saturated carbocycles. The molecule has 154 valence electrons. The van der Waals surface area contributed by atoms with Crippen LogP contribution in [0.15, 0.2) is 24.7 Å². The molecule has 0 bridgehead atoms. The van der Waals surface area contributed by atoms with Crippen molar-refractivity contribution < 1.29 is 4.79 Å². The van der Waals surface area contributed by atoms with Gasteiger partial charge in [0.15, 0.2) is 0 Å². The smallest absolute Gasteiger partial charge is 0.228 e. The van der Waals surface area contributed by atoms with Crippen molar-refractivity contribution in [1.29, 1.82) is 0 Å². The average Bonchev–Trinajstić information content (AvgIpc) is 3.33. The zero-order valence-electron chi connectivity index (χ0n) is 18.9. The summed E-state index contributed by atoms with van der Waals surface area (Å²) in [6.45, 7) is 4.03. The number of nitrogens with zero attached hydrogens (tertiary/aromatic N) is 4. The lowest BCUT2D eigenvalue weighted by Crippen LogP contribution is -2.40. The van der Waals surface area contributed by atoms with Gasteiger partial charge in [-0.1, -0.05) is 12.8 Å². The lowest BCUT2D eigenvalue weighted by atomic mass is 9.49. The summed E-state index contributed by atoms with van der Waals surface area (Å²) >= 11 is 0. The predicted molar refractivity (Wildman–Crippen MR) is 131 cm³/mol. The molecule has 3 aromatic rings. The third-order valence-electron chi connectivity index (χ3n) is 5.40. The van der Waals surface area contributed by atoms with Crippen molar-refractivity contribution >= 4 is 51.9 Å². The second kappa shape index (κ2) is 7.80. The van der Waals surface area contributed by atoms with Crippen molar-refractivity contribution in [2.45, 2.75) is 25.5 Å².